The van der Waals surface area contributed by atoms with Crippen molar-refractivity contribution in [2.75, 3.05) is 5.32 Å². The normalized spacial score (nSPS) is 10.5. The van der Waals surface area contributed by atoms with Crippen molar-refractivity contribution in [3.8, 4) is 0 Å². The van der Waals surface area contributed by atoms with E-state index in [0.29, 0.717) is 5.56 Å². The minimum atomic E-state index is -0.635. The van der Waals surface area contributed by atoms with Crippen LogP contribution in [0.5, 0.6) is 0 Å². The Hall–Kier alpha value is -3.28. The third kappa shape index (κ3) is 3.98. The molecular weight excluding hydrogens is 326 g/mol. The number of carbonyl (C=O) groups is 1. The molecule has 3 rings (SSSR count). The first-order valence-corrected chi connectivity index (χ1v) is 7.54. The molecule has 4 nitrogen and oxygen atoms in total. The maximum absolute atomic E-state index is 13.3. The summed E-state index contributed by atoms with van der Waals surface area (Å²) in [5, 5.41) is 2.49. The van der Waals surface area contributed by atoms with Crippen molar-refractivity contribution in [2.45, 2.75) is 6.54 Å². The second-order valence-electron chi connectivity index (χ2n) is 5.45. The first kappa shape index (κ1) is 16.6. The number of hydrogen-bond donors (Lipinski definition) is 1. The molecule has 0 aliphatic heterocycles. The van der Waals surface area contributed by atoms with E-state index in [2.05, 4.69) is 5.32 Å². The van der Waals surface area contributed by atoms with Gasteiger partial charge in [0.05, 0.1) is 6.54 Å². The minimum absolute atomic E-state index is 0.0804. The number of halogens is 2. The third-order valence-electron chi connectivity index (χ3n) is 3.59. The Balaban J connectivity index is 1.85. The van der Waals surface area contributed by atoms with Gasteiger partial charge in [0.1, 0.15) is 17.2 Å². The molecule has 0 radical (unpaired) electrons. The highest BCUT2D eigenvalue weighted by Crippen LogP contribution is 2.10. The van der Waals surface area contributed by atoms with E-state index >= 15 is 0 Å². The number of amides is 1. The summed E-state index contributed by atoms with van der Waals surface area (Å²) in [6.07, 6.45) is 1.52. The lowest BCUT2D eigenvalue weighted by atomic mass is 10.2. The monoisotopic (exact) mass is 340 g/mol. The maximum Gasteiger partial charge on any atom is 0.263 e. The fraction of sp³-hybridized carbons (Fsp3) is 0.0526. The van der Waals surface area contributed by atoms with Gasteiger partial charge in [-0.3, -0.25) is 9.59 Å². The number of nitrogens with one attached hydrogen (secondary N) is 1. The number of anilines is 1. The maximum atomic E-state index is 13.3. The van der Waals surface area contributed by atoms with Gasteiger partial charge in [0, 0.05) is 11.9 Å². The molecule has 6 heteroatoms. The Morgan fingerprint density at radius 3 is 2.40 bits per heavy atom. The van der Waals surface area contributed by atoms with Gasteiger partial charge in [-0.2, -0.15) is 0 Å². The van der Waals surface area contributed by atoms with Gasteiger partial charge in [-0.15, -0.1) is 0 Å². The van der Waals surface area contributed by atoms with Crippen LogP contribution < -0.4 is 10.9 Å². The number of rotatable bonds is 4. The lowest BCUT2D eigenvalue weighted by Crippen LogP contribution is -2.29. The highest BCUT2D eigenvalue weighted by molar-refractivity contribution is 6.03. The predicted molar refractivity (Wildman–Crippen MR) is 90.6 cm³/mol. The zero-order chi connectivity index (χ0) is 17.8. The van der Waals surface area contributed by atoms with Gasteiger partial charge in [0.15, 0.2) is 0 Å². The van der Waals surface area contributed by atoms with Crippen LogP contribution in [0.25, 0.3) is 0 Å². The van der Waals surface area contributed by atoms with Gasteiger partial charge in [-0.25, -0.2) is 8.78 Å². The van der Waals surface area contributed by atoms with E-state index in [1.165, 1.54) is 47.2 Å². The number of aromatic nitrogens is 1. The number of carbonyl (C=O) groups excluding carboxylic acids is 1. The van der Waals surface area contributed by atoms with Crippen LogP contribution in [-0.4, -0.2) is 10.5 Å². The molecule has 0 saturated heterocycles. The Kier molecular flexibility index (Phi) is 4.70. The fourth-order valence-corrected chi connectivity index (χ4v) is 2.43. The molecule has 0 fully saturated rings. The molecule has 0 atom stereocenters. The van der Waals surface area contributed by atoms with Crippen LogP contribution in [0.15, 0.2) is 71.7 Å². The Morgan fingerprint density at radius 1 is 0.960 bits per heavy atom. The summed E-state index contributed by atoms with van der Waals surface area (Å²) in [6.45, 7) is 0.137. The van der Waals surface area contributed by atoms with Gasteiger partial charge in [-0.05, 0) is 48.0 Å². The average Bonchev–Trinajstić information content (AvgIpc) is 2.57. The second-order valence-corrected chi connectivity index (χ2v) is 5.45. The number of hydrogen-bond acceptors (Lipinski definition) is 2. The molecule has 1 heterocycles. The van der Waals surface area contributed by atoms with E-state index in [1.54, 1.807) is 18.2 Å². The van der Waals surface area contributed by atoms with Crippen LogP contribution in [0.1, 0.15) is 15.9 Å². The molecular formula is C19H14F2N2O2. The number of benzene rings is 2. The van der Waals surface area contributed by atoms with Crippen molar-refractivity contribution in [1.29, 1.82) is 0 Å². The Labute approximate surface area is 142 Å². The standard InChI is InChI=1S/C19H14F2N2O2/c20-14-5-1-4-13(10-14)12-23-9-3-8-17(19(23)25)18(24)22-16-7-2-6-15(21)11-16/h1-11H,12H2,(H,22,24). The van der Waals surface area contributed by atoms with E-state index in [0.717, 1.165) is 6.07 Å². The van der Waals surface area contributed by atoms with Crippen LogP contribution in [0.3, 0.4) is 0 Å². The molecule has 0 aliphatic rings. The van der Waals surface area contributed by atoms with E-state index < -0.39 is 23.1 Å². The molecule has 0 saturated carbocycles. The molecule has 0 aliphatic carbocycles. The zero-order valence-electron chi connectivity index (χ0n) is 13.1. The topological polar surface area (TPSA) is 51.1 Å². The SMILES string of the molecule is O=C(Nc1cccc(F)c1)c1cccn(Cc2cccc(F)c2)c1=O. The lowest BCUT2D eigenvalue weighted by Gasteiger charge is -2.09. The van der Waals surface area contributed by atoms with E-state index in [9.17, 15) is 18.4 Å². The summed E-state index contributed by atoms with van der Waals surface area (Å²) in [6, 6.07) is 14.2. The second kappa shape index (κ2) is 7.09. The summed E-state index contributed by atoms with van der Waals surface area (Å²) >= 11 is 0. The highest BCUT2D eigenvalue weighted by Gasteiger charge is 2.13. The molecule has 0 bridgehead atoms. The van der Waals surface area contributed by atoms with Crippen molar-refractivity contribution in [3.05, 3.63) is 100.0 Å². The molecule has 1 N–H and O–H groups in total. The first-order chi connectivity index (χ1) is 12.0. The van der Waals surface area contributed by atoms with Crippen molar-refractivity contribution in [1.82, 2.24) is 4.57 Å². The molecule has 1 aromatic heterocycles. The Bertz CT molecular complexity index is 983. The third-order valence-corrected chi connectivity index (χ3v) is 3.59. The largest absolute Gasteiger partial charge is 0.322 e. The fourth-order valence-electron chi connectivity index (χ4n) is 2.43. The minimum Gasteiger partial charge on any atom is -0.322 e. The summed E-state index contributed by atoms with van der Waals surface area (Å²) in [4.78, 5) is 24.8. The van der Waals surface area contributed by atoms with Gasteiger partial charge >= 0.3 is 0 Å². The lowest BCUT2D eigenvalue weighted by molar-refractivity contribution is 0.102. The molecule has 1 amide bonds. The molecule has 0 unspecified atom stereocenters. The molecule has 3 aromatic rings. The summed E-state index contributed by atoms with van der Waals surface area (Å²) in [7, 11) is 0. The highest BCUT2D eigenvalue weighted by atomic mass is 19.1. The smallest absolute Gasteiger partial charge is 0.263 e. The van der Waals surface area contributed by atoms with E-state index in [1.807, 2.05) is 0 Å². The van der Waals surface area contributed by atoms with Crippen LogP contribution in [0.4, 0.5) is 14.5 Å². The van der Waals surface area contributed by atoms with Crippen LogP contribution in [0, 0.1) is 11.6 Å². The number of pyridine rings is 1. The summed E-state index contributed by atoms with van der Waals surface area (Å²) < 4.78 is 27.8. The van der Waals surface area contributed by atoms with Gasteiger partial charge in [0.25, 0.3) is 11.5 Å². The molecule has 126 valence electrons. The van der Waals surface area contributed by atoms with Gasteiger partial charge in [0.2, 0.25) is 0 Å². The van der Waals surface area contributed by atoms with Crippen molar-refractivity contribution in [2.24, 2.45) is 0 Å². The molecule has 25 heavy (non-hydrogen) atoms. The molecule has 0 spiro atoms. The van der Waals surface area contributed by atoms with Crippen molar-refractivity contribution >= 4 is 11.6 Å². The van der Waals surface area contributed by atoms with E-state index in [4.69, 9.17) is 0 Å². The van der Waals surface area contributed by atoms with Crippen molar-refractivity contribution in [3.63, 3.8) is 0 Å². The Morgan fingerprint density at radius 2 is 1.68 bits per heavy atom. The average molecular weight is 340 g/mol. The molecule has 2 aromatic carbocycles. The predicted octanol–water partition coefficient (Wildman–Crippen LogP) is 3.43. The first-order valence-electron chi connectivity index (χ1n) is 7.54. The quantitative estimate of drug-likeness (QED) is 0.791. The van der Waals surface area contributed by atoms with Gasteiger partial charge in [-0.1, -0.05) is 18.2 Å². The van der Waals surface area contributed by atoms with Crippen LogP contribution in [-0.2, 0) is 6.54 Å². The zero-order valence-corrected chi connectivity index (χ0v) is 13.1. The van der Waals surface area contributed by atoms with Crippen molar-refractivity contribution < 1.29 is 13.6 Å². The number of nitrogens with zero attached hydrogens (tertiary/aromatic N) is 1. The van der Waals surface area contributed by atoms with Gasteiger partial charge < -0.3 is 9.88 Å². The van der Waals surface area contributed by atoms with E-state index in [-0.39, 0.29) is 17.8 Å². The van der Waals surface area contributed by atoms with Crippen LogP contribution >= 0.6 is 0 Å². The summed E-state index contributed by atoms with van der Waals surface area (Å²) in [5.74, 6) is -1.52. The van der Waals surface area contributed by atoms with Crippen LogP contribution in [0.2, 0.25) is 0 Å². The summed E-state index contributed by atoms with van der Waals surface area (Å²) in [5.41, 5.74) is 0.263.